The lowest BCUT2D eigenvalue weighted by Crippen LogP contribution is -2.11. The maximum absolute atomic E-state index is 11.6. The highest BCUT2D eigenvalue weighted by atomic mass is 32.2. The molecule has 0 atom stereocenters. The number of primary sulfonamides is 1. The zero-order chi connectivity index (χ0) is 20.0. The van der Waals surface area contributed by atoms with Crippen LogP contribution < -0.4 is 5.14 Å². The lowest BCUT2D eigenvalue weighted by Gasteiger charge is -2.10. The zero-order valence-corrected chi connectivity index (χ0v) is 15.9. The number of benzene rings is 3. The molecule has 0 radical (unpaired) electrons. The van der Waals surface area contributed by atoms with Gasteiger partial charge in [-0.1, -0.05) is 30.3 Å². The van der Waals surface area contributed by atoms with Gasteiger partial charge in [0.05, 0.1) is 4.90 Å². The van der Waals surface area contributed by atoms with Crippen molar-refractivity contribution >= 4 is 32.1 Å². The average molecular weight is 401 g/mol. The monoisotopic (exact) mass is 401 g/mol. The number of fused-ring (bicyclic) bond motifs is 2. The van der Waals surface area contributed by atoms with Crippen LogP contribution in [0.15, 0.2) is 84.0 Å². The Balaban J connectivity index is 1.76. The second-order valence-electron chi connectivity index (χ2n) is 6.58. The van der Waals surface area contributed by atoms with Crippen molar-refractivity contribution in [3.8, 4) is 17.1 Å². The summed E-state index contributed by atoms with van der Waals surface area (Å²) in [7, 11) is -3.76. The third-order valence-electron chi connectivity index (χ3n) is 4.73. The van der Waals surface area contributed by atoms with Crippen molar-refractivity contribution in [1.29, 1.82) is 0 Å². The van der Waals surface area contributed by atoms with Gasteiger partial charge in [-0.25, -0.2) is 28.5 Å². The van der Waals surface area contributed by atoms with Crippen molar-refractivity contribution in [2.24, 2.45) is 5.14 Å². The van der Waals surface area contributed by atoms with E-state index in [9.17, 15) is 8.42 Å². The minimum absolute atomic E-state index is 0.0471. The molecular formula is C21H15N5O2S. The molecule has 0 amide bonds. The van der Waals surface area contributed by atoms with Gasteiger partial charge in [-0.05, 0) is 47.2 Å². The molecule has 8 heteroatoms. The Bertz CT molecular complexity index is 1470. The van der Waals surface area contributed by atoms with E-state index in [0.717, 1.165) is 22.0 Å². The third kappa shape index (κ3) is 3.04. The number of hydrogen-bond acceptors (Lipinski definition) is 5. The lowest BCUT2D eigenvalue weighted by molar-refractivity contribution is 0.598. The van der Waals surface area contributed by atoms with Crippen LogP contribution in [-0.2, 0) is 10.0 Å². The molecule has 142 valence electrons. The van der Waals surface area contributed by atoms with Crippen molar-refractivity contribution in [2.45, 2.75) is 4.90 Å². The van der Waals surface area contributed by atoms with Crippen LogP contribution in [0.1, 0.15) is 0 Å². The van der Waals surface area contributed by atoms with Crippen LogP contribution in [0.4, 0.5) is 0 Å². The van der Waals surface area contributed by atoms with Crippen LogP contribution in [0.3, 0.4) is 0 Å². The SMILES string of the molecule is NS(=O)(=O)c1ccc(-c2nc3nccnc3n2-c2ccc3ccccc3c2)cc1. The first-order valence-electron chi connectivity index (χ1n) is 8.82. The smallest absolute Gasteiger partial charge is 0.238 e. The van der Waals surface area contributed by atoms with Crippen LogP contribution in [0, 0.1) is 0 Å². The fourth-order valence-corrected chi connectivity index (χ4v) is 3.87. The molecule has 2 aromatic heterocycles. The normalized spacial score (nSPS) is 11.9. The van der Waals surface area contributed by atoms with E-state index in [0.29, 0.717) is 17.1 Å². The average Bonchev–Trinajstić information content (AvgIpc) is 3.12. The van der Waals surface area contributed by atoms with Crippen molar-refractivity contribution in [2.75, 3.05) is 0 Å². The van der Waals surface area contributed by atoms with E-state index in [-0.39, 0.29) is 4.90 Å². The fourth-order valence-electron chi connectivity index (χ4n) is 3.36. The first-order valence-corrected chi connectivity index (χ1v) is 10.4. The molecule has 2 heterocycles. The summed E-state index contributed by atoms with van der Waals surface area (Å²) in [5.74, 6) is 0.613. The van der Waals surface area contributed by atoms with Crippen molar-refractivity contribution in [1.82, 2.24) is 19.5 Å². The molecule has 0 fully saturated rings. The van der Waals surface area contributed by atoms with E-state index in [4.69, 9.17) is 5.14 Å². The molecule has 0 saturated heterocycles. The highest BCUT2D eigenvalue weighted by molar-refractivity contribution is 7.89. The molecule has 29 heavy (non-hydrogen) atoms. The van der Waals surface area contributed by atoms with Gasteiger partial charge in [0.15, 0.2) is 11.3 Å². The molecule has 5 rings (SSSR count). The number of rotatable bonds is 3. The Morgan fingerprint density at radius 1 is 0.828 bits per heavy atom. The summed E-state index contributed by atoms with van der Waals surface area (Å²) in [6, 6.07) is 20.5. The van der Waals surface area contributed by atoms with Crippen molar-refractivity contribution in [3.63, 3.8) is 0 Å². The zero-order valence-electron chi connectivity index (χ0n) is 15.1. The largest absolute Gasteiger partial charge is 0.275 e. The summed E-state index contributed by atoms with van der Waals surface area (Å²) >= 11 is 0. The van der Waals surface area contributed by atoms with E-state index < -0.39 is 10.0 Å². The van der Waals surface area contributed by atoms with Crippen LogP contribution in [0.25, 0.3) is 39.1 Å². The Labute approximate surface area is 166 Å². The van der Waals surface area contributed by atoms with Gasteiger partial charge in [-0.2, -0.15) is 0 Å². The van der Waals surface area contributed by atoms with Gasteiger partial charge in [-0.15, -0.1) is 0 Å². The van der Waals surface area contributed by atoms with Crippen LogP contribution >= 0.6 is 0 Å². The van der Waals surface area contributed by atoms with Gasteiger partial charge in [0.1, 0.15) is 5.82 Å². The first-order chi connectivity index (χ1) is 14.0. The molecule has 0 unspecified atom stereocenters. The standard InChI is InChI=1S/C21H15N5O2S/c22-29(27,28)18-9-6-15(7-10-18)20-25-19-21(24-12-11-23-19)26(20)17-8-5-14-3-1-2-4-16(14)13-17/h1-13H,(H2,22,27,28). The predicted octanol–water partition coefficient (Wildman–Crippen LogP) is 3.28. The highest BCUT2D eigenvalue weighted by Gasteiger charge is 2.17. The number of aromatic nitrogens is 4. The van der Waals surface area contributed by atoms with E-state index in [2.05, 4.69) is 27.1 Å². The Kier molecular flexibility index (Phi) is 3.90. The van der Waals surface area contributed by atoms with Gasteiger partial charge in [0, 0.05) is 23.6 Å². The second kappa shape index (κ2) is 6.47. The maximum atomic E-state index is 11.6. The van der Waals surface area contributed by atoms with Crippen molar-refractivity contribution in [3.05, 3.63) is 79.1 Å². The van der Waals surface area contributed by atoms with Gasteiger partial charge in [0.2, 0.25) is 10.0 Å². The van der Waals surface area contributed by atoms with Gasteiger partial charge < -0.3 is 0 Å². The van der Waals surface area contributed by atoms with Gasteiger partial charge in [-0.3, -0.25) is 4.57 Å². The molecule has 2 N–H and O–H groups in total. The van der Waals surface area contributed by atoms with Gasteiger partial charge in [0.25, 0.3) is 0 Å². The van der Waals surface area contributed by atoms with Crippen molar-refractivity contribution < 1.29 is 8.42 Å². The summed E-state index contributed by atoms with van der Waals surface area (Å²) in [6.45, 7) is 0. The van der Waals surface area contributed by atoms with Crippen LogP contribution in [0.5, 0.6) is 0 Å². The molecule has 5 aromatic rings. The maximum Gasteiger partial charge on any atom is 0.238 e. The fraction of sp³-hybridized carbons (Fsp3) is 0. The van der Waals surface area contributed by atoms with Crippen LogP contribution in [0.2, 0.25) is 0 Å². The first kappa shape index (κ1) is 17.5. The predicted molar refractivity (Wildman–Crippen MR) is 111 cm³/mol. The minimum atomic E-state index is -3.76. The molecule has 0 aliphatic heterocycles. The quantitative estimate of drug-likeness (QED) is 0.500. The number of imidazole rings is 1. The molecular weight excluding hydrogens is 386 g/mol. The lowest BCUT2D eigenvalue weighted by atomic mass is 10.1. The Morgan fingerprint density at radius 3 is 2.31 bits per heavy atom. The number of sulfonamides is 1. The van der Waals surface area contributed by atoms with E-state index in [1.54, 1.807) is 24.5 Å². The summed E-state index contributed by atoms with van der Waals surface area (Å²) in [5.41, 5.74) is 2.74. The summed E-state index contributed by atoms with van der Waals surface area (Å²) in [6.07, 6.45) is 3.21. The van der Waals surface area contributed by atoms with E-state index in [1.165, 1.54) is 12.1 Å². The second-order valence-corrected chi connectivity index (χ2v) is 8.14. The summed E-state index contributed by atoms with van der Waals surface area (Å²) < 4.78 is 25.1. The molecule has 3 aromatic carbocycles. The highest BCUT2D eigenvalue weighted by Crippen LogP contribution is 2.29. The third-order valence-corrected chi connectivity index (χ3v) is 5.66. The molecule has 0 aliphatic carbocycles. The Morgan fingerprint density at radius 2 is 1.55 bits per heavy atom. The molecule has 0 aliphatic rings. The van der Waals surface area contributed by atoms with E-state index >= 15 is 0 Å². The molecule has 0 bridgehead atoms. The molecule has 0 saturated carbocycles. The Hall–Kier alpha value is -3.62. The van der Waals surface area contributed by atoms with Gasteiger partial charge >= 0.3 is 0 Å². The molecule has 7 nitrogen and oxygen atoms in total. The minimum Gasteiger partial charge on any atom is -0.275 e. The number of nitrogens with zero attached hydrogens (tertiary/aromatic N) is 4. The summed E-state index contributed by atoms with van der Waals surface area (Å²) in [4.78, 5) is 13.5. The molecule has 0 spiro atoms. The summed E-state index contributed by atoms with van der Waals surface area (Å²) in [5, 5.41) is 7.43. The van der Waals surface area contributed by atoms with Crippen LogP contribution in [-0.4, -0.2) is 27.9 Å². The van der Waals surface area contributed by atoms with E-state index in [1.807, 2.05) is 34.9 Å². The number of hydrogen-bond donors (Lipinski definition) is 1. The topological polar surface area (TPSA) is 104 Å². The number of nitrogens with two attached hydrogens (primary N) is 1.